The number of halogens is 1. The summed E-state index contributed by atoms with van der Waals surface area (Å²) < 4.78 is 6.70. The summed E-state index contributed by atoms with van der Waals surface area (Å²) in [5, 5.41) is 7.13. The summed E-state index contributed by atoms with van der Waals surface area (Å²) in [6.07, 6.45) is 1.20. The van der Waals surface area contributed by atoms with E-state index in [2.05, 4.69) is 15.4 Å². The normalized spacial score (nSPS) is 11.7. The van der Waals surface area contributed by atoms with Crippen LogP contribution in [0.15, 0.2) is 12.3 Å². The van der Waals surface area contributed by atoms with Crippen molar-refractivity contribution < 1.29 is 9.53 Å². The lowest BCUT2D eigenvalue weighted by atomic mass is 10.2. The monoisotopic (exact) mass is 311 g/mol. The van der Waals surface area contributed by atoms with Gasteiger partial charge in [0.1, 0.15) is 5.60 Å². The van der Waals surface area contributed by atoms with Gasteiger partial charge in [0.2, 0.25) is 0 Å². The first-order valence-corrected chi connectivity index (χ1v) is 6.87. The molecular formula is C13H18ClN5O2. The quantitative estimate of drug-likeness (QED) is 0.902. The Kier molecular flexibility index (Phi) is 4.34. The second-order valence-electron chi connectivity index (χ2n) is 5.55. The van der Waals surface area contributed by atoms with Gasteiger partial charge < -0.3 is 15.8 Å². The van der Waals surface area contributed by atoms with Crippen LogP contribution in [0.5, 0.6) is 0 Å². The van der Waals surface area contributed by atoms with Crippen molar-refractivity contribution >= 4 is 23.3 Å². The molecule has 8 heteroatoms. The molecule has 0 saturated heterocycles. The summed E-state index contributed by atoms with van der Waals surface area (Å²) in [5.41, 5.74) is 7.04. The third-order valence-electron chi connectivity index (χ3n) is 2.56. The van der Waals surface area contributed by atoms with Crippen molar-refractivity contribution in [3.05, 3.63) is 28.7 Å². The Labute approximate surface area is 127 Å². The Morgan fingerprint density at radius 3 is 2.86 bits per heavy atom. The third-order valence-corrected chi connectivity index (χ3v) is 2.88. The molecule has 3 N–H and O–H groups in total. The lowest BCUT2D eigenvalue weighted by molar-refractivity contribution is 0.0523. The smallest absolute Gasteiger partial charge is 0.407 e. The predicted octanol–water partition coefficient (Wildman–Crippen LogP) is 1.87. The number of carbonyl (C=O) groups is 1. The predicted molar refractivity (Wildman–Crippen MR) is 79.0 cm³/mol. The van der Waals surface area contributed by atoms with Crippen LogP contribution in [0.4, 0.5) is 4.79 Å². The van der Waals surface area contributed by atoms with Gasteiger partial charge >= 0.3 is 6.09 Å². The lowest BCUT2D eigenvalue weighted by Gasteiger charge is -2.19. The standard InChI is InChI=1S/C13H18ClN5O2/c1-13(2,3)21-12(20)16-6-9-7-19-10(17-9)4-8(5-15)11(14)18-19/h4,7H,5-6,15H2,1-3H3,(H,16,20). The molecule has 0 aliphatic rings. The van der Waals surface area contributed by atoms with Gasteiger partial charge in [-0.25, -0.2) is 14.3 Å². The van der Waals surface area contributed by atoms with Crippen molar-refractivity contribution in [2.45, 2.75) is 39.5 Å². The van der Waals surface area contributed by atoms with Crippen LogP contribution in [0.2, 0.25) is 5.15 Å². The topological polar surface area (TPSA) is 94.5 Å². The average Bonchev–Trinajstić information content (AvgIpc) is 2.75. The second kappa shape index (κ2) is 5.87. The Morgan fingerprint density at radius 2 is 2.24 bits per heavy atom. The number of nitrogens with one attached hydrogen (secondary N) is 1. The molecule has 7 nitrogen and oxygen atoms in total. The maximum atomic E-state index is 11.6. The number of amides is 1. The van der Waals surface area contributed by atoms with Crippen LogP contribution in [-0.4, -0.2) is 26.3 Å². The van der Waals surface area contributed by atoms with Crippen LogP contribution >= 0.6 is 11.6 Å². The largest absolute Gasteiger partial charge is 0.444 e. The molecule has 0 fully saturated rings. The van der Waals surface area contributed by atoms with Gasteiger partial charge in [-0.3, -0.25) is 0 Å². The van der Waals surface area contributed by atoms with Crippen LogP contribution in [0.1, 0.15) is 32.0 Å². The van der Waals surface area contributed by atoms with E-state index in [-0.39, 0.29) is 6.54 Å². The molecule has 0 saturated carbocycles. The van der Waals surface area contributed by atoms with Crippen molar-refractivity contribution in [2.75, 3.05) is 0 Å². The molecule has 0 aliphatic carbocycles. The van der Waals surface area contributed by atoms with Crippen LogP contribution in [-0.2, 0) is 17.8 Å². The Morgan fingerprint density at radius 1 is 1.52 bits per heavy atom. The van der Waals surface area contributed by atoms with Crippen molar-refractivity contribution in [2.24, 2.45) is 5.73 Å². The minimum Gasteiger partial charge on any atom is -0.444 e. The van der Waals surface area contributed by atoms with Gasteiger partial charge in [-0.1, -0.05) is 11.6 Å². The van der Waals surface area contributed by atoms with E-state index >= 15 is 0 Å². The number of hydrogen-bond acceptors (Lipinski definition) is 5. The van der Waals surface area contributed by atoms with Crippen LogP contribution in [0, 0.1) is 0 Å². The second-order valence-corrected chi connectivity index (χ2v) is 5.91. The van der Waals surface area contributed by atoms with Gasteiger partial charge in [-0.2, -0.15) is 5.10 Å². The fourth-order valence-electron chi connectivity index (χ4n) is 1.69. The fourth-order valence-corrected chi connectivity index (χ4v) is 1.91. The highest BCUT2D eigenvalue weighted by Crippen LogP contribution is 2.15. The number of alkyl carbamates (subject to hydrolysis) is 1. The fraction of sp³-hybridized carbons (Fsp3) is 0.462. The van der Waals surface area contributed by atoms with Gasteiger partial charge in [0.15, 0.2) is 10.8 Å². The number of fused-ring (bicyclic) bond motifs is 1. The maximum absolute atomic E-state index is 11.6. The van der Waals surface area contributed by atoms with Gasteiger partial charge in [0.05, 0.1) is 18.4 Å². The van der Waals surface area contributed by atoms with E-state index in [1.54, 1.807) is 37.5 Å². The molecule has 21 heavy (non-hydrogen) atoms. The maximum Gasteiger partial charge on any atom is 0.407 e. The minimum absolute atomic E-state index is 0.244. The number of rotatable bonds is 3. The van der Waals surface area contributed by atoms with E-state index in [1.165, 1.54) is 0 Å². The Balaban J connectivity index is 2.08. The van der Waals surface area contributed by atoms with E-state index in [0.717, 1.165) is 5.56 Å². The average molecular weight is 312 g/mol. The zero-order valence-corrected chi connectivity index (χ0v) is 12.9. The molecule has 2 aromatic heterocycles. The molecule has 2 heterocycles. The molecule has 2 rings (SSSR count). The molecular weight excluding hydrogens is 294 g/mol. The van der Waals surface area contributed by atoms with Crippen LogP contribution < -0.4 is 11.1 Å². The molecule has 0 aliphatic heterocycles. The number of imidazole rings is 1. The Hall–Kier alpha value is -1.86. The first kappa shape index (κ1) is 15.5. The summed E-state index contributed by atoms with van der Waals surface area (Å²) in [5.74, 6) is 0. The highest BCUT2D eigenvalue weighted by atomic mass is 35.5. The molecule has 0 unspecified atom stereocenters. The number of hydrogen-bond donors (Lipinski definition) is 2. The van der Waals surface area contributed by atoms with E-state index in [1.807, 2.05) is 0 Å². The molecule has 0 atom stereocenters. The summed E-state index contributed by atoms with van der Waals surface area (Å²) in [4.78, 5) is 15.9. The number of nitrogens with zero attached hydrogens (tertiary/aromatic N) is 3. The molecule has 0 bridgehead atoms. The molecule has 2 aromatic rings. The highest BCUT2D eigenvalue weighted by Gasteiger charge is 2.16. The molecule has 1 amide bonds. The van der Waals surface area contributed by atoms with E-state index in [0.29, 0.717) is 23.0 Å². The summed E-state index contributed by atoms with van der Waals surface area (Å²) >= 11 is 5.98. The van der Waals surface area contributed by atoms with Crippen molar-refractivity contribution in [3.8, 4) is 0 Å². The van der Waals surface area contributed by atoms with Crippen LogP contribution in [0.3, 0.4) is 0 Å². The number of nitrogens with two attached hydrogens (primary N) is 1. The summed E-state index contributed by atoms with van der Waals surface area (Å²) in [6, 6.07) is 1.77. The first-order chi connectivity index (χ1) is 9.78. The zero-order chi connectivity index (χ0) is 15.6. The number of ether oxygens (including phenoxy) is 1. The third kappa shape index (κ3) is 4.05. The first-order valence-electron chi connectivity index (χ1n) is 6.49. The number of carbonyl (C=O) groups excluding carboxylic acids is 1. The van der Waals surface area contributed by atoms with Crippen molar-refractivity contribution in [1.29, 1.82) is 0 Å². The number of aromatic nitrogens is 3. The molecule has 114 valence electrons. The molecule has 0 aromatic carbocycles. The SMILES string of the molecule is CC(C)(C)OC(=O)NCc1cn2nc(Cl)c(CN)cc2n1. The van der Waals surface area contributed by atoms with Crippen molar-refractivity contribution in [3.63, 3.8) is 0 Å². The van der Waals surface area contributed by atoms with E-state index < -0.39 is 11.7 Å². The summed E-state index contributed by atoms with van der Waals surface area (Å²) in [6.45, 7) is 5.95. The minimum atomic E-state index is -0.534. The van der Waals surface area contributed by atoms with Crippen molar-refractivity contribution in [1.82, 2.24) is 19.9 Å². The van der Waals surface area contributed by atoms with Gasteiger partial charge in [0.25, 0.3) is 0 Å². The van der Waals surface area contributed by atoms with Gasteiger partial charge in [0, 0.05) is 12.1 Å². The van der Waals surface area contributed by atoms with Crippen LogP contribution in [0.25, 0.3) is 5.65 Å². The zero-order valence-electron chi connectivity index (χ0n) is 12.2. The van der Waals surface area contributed by atoms with E-state index in [9.17, 15) is 4.79 Å². The summed E-state index contributed by atoms with van der Waals surface area (Å²) in [7, 11) is 0. The van der Waals surface area contributed by atoms with Gasteiger partial charge in [-0.15, -0.1) is 0 Å². The molecule has 0 spiro atoms. The molecule has 0 radical (unpaired) electrons. The van der Waals surface area contributed by atoms with Gasteiger partial charge in [-0.05, 0) is 26.8 Å². The van der Waals surface area contributed by atoms with E-state index in [4.69, 9.17) is 22.1 Å². The Bertz CT molecular complexity index is 662. The lowest BCUT2D eigenvalue weighted by Crippen LogP contribution is -2.32. The highest BCUT2D eigenvalue weighted by molar-refractivity contribution is 6.30.